The van der Waals surface area contributed by atoms with Gasteiger partial charge in [0.1, 0.15) is 16.6 Å². The van der Waals surface area contributed by atoms with E-state index in [2.05, 4.69) is 22.4 Å². The summed E-state index contributed by atoms with van der Waals surface area (Å²) in [4.78, 5) is 31.6. The van der Waals surface area contributed by atoms with Crippen LogP contribution in [0.25, 0.3) is 32.5 Å². The molecule has 0 spiro atoms. The maximum atomic E-state index is 13.5. The van der Waals surface area contributed by atoms with Gasteiger partial charge in [0, 0.05) is 10.9 Å². The number of para-hydroxylation sites is 2. The van der Waals surface area contributed by atoms with Crippen LogP contribution in [0.5, 0.6) is 5.75 Å². The van der Waals surface area contributed by atoms with Gasteiger partial charge in [-0.15, -0.1) is 11.3 Å². The van der Waals surface area contributed by atoms with E-state index in [0.29, 0.717) is 21.7 Å². The van der Waals surface area contributed by atoms with Crippen molar-refractivity contribution >= 4 is 33.1 Å². The van der Waals surface area contributed by atoms with E-state index in [0.717, 1.165) is 22.3 Å². The Morgan fingerprint density at radius 2 is 1.60 bits per heavy atom. The molecule has 1 N–H and O–H groups in total. The molecule has 2 heterocycles. The van der Waals surface area contributed by atoms with Crippen molar-refractivity contribution in [3.63, 3.8) is 0 Å². The van der Waals surface area contributed by atoms with Crippen molar-refractivity contribution in [3.8, 4) is 28.0 Å². The van der Waals surface area contributed by atoms with Crippen LogP contribution in [0.4, 0.5) is 5.69 Å². The van der Waals surface area contributed by atoms with Crippen LogP contribution in [-0.2, 0) is 4.79 Å². The Kier molecular flexibility index (Phi) is 6.16. The zero-order valence-corrected chi connectivity index (χ0v) is 20.1. The van der Waals surface area contributed by atoms with Gasteiger partial charge in [0.05, 0.1) is 24.5 Å². The van der Waals surface area contributed by atoms with Crippen LogP contribution >= 0.6 is 11.3 Å². The molecule has 3 aromatic carbocycles. The first-order chi connectivity index (χ1) is 17.1. The average Bonchev–Trinajstić information content (AvgIpc) is 3.34. The summed E-state index contributed by atoms with van der Waals surface area (Å²) >= 11 is 1.42. The molecule has 0 aliphatic carbocycles. The van der Waals surface area contributed by atoms with Crippen LogP contribution in [0.3, 0.4) is 0 Å². The third-order valence-corrected chi connectivity index (χ3v) is 6.87. The lowest BCUT2D eigenvalue weighted by molar-refractivity contribution is -0.118. The predicted molar refractivity (Wildman–Crippen MR) is 141 cm³/mol. The number of aromatic nitrogens is 2. The van der Waals surface area contributed by atoms with Gasteiger partial charge in [-0.05, 0) is 35.7 Å². The number of ether oxygens (including phenoxy) is 1. The van der Waals surface area contributed by atoms with Gasteiger partial charge in [-0.3, -0.25) is 14.2 Å². The van der Waals surface area contributed by atoms with Crippen LogP contribution in [0.1, 0.15) is 13.0 Å². The number of amides is 1. The minimum absolute atomic E-state index is 0.249. The van der Waals surface area contributed by atoms with Gasteiger partial charge in [0.2, 0.25) is 5.91 Å². The summed E-state index contributed by atoms with van der Waals surface area (Å²) in [6, 6.07) is 24.6. The third-order valence-electron chi connectivity index (χ3n) is 5.98. The van der Waals surface area contributed by atoms with Crippen molar-refractivity contribution in [2.75, 3.05) is 12.4 Å². The fourth-order valence-electron chi connectivity index (χ4n) is 4.02. The topological polar surface area (TPSA) is 73.2 Å². The summed E-state index contributed by atoms with van der Waals surface area (Å²) in [6.45, 7) is 1.68. The highest BCUT2D eigenvalue weighted by Crippen LogP contribution is 2.32. The number of nitrogens with zero attached hydrogens (tertiary/aromatic N) is 2. The number of hydrogen-bond acceptors (Lipinski definition) is 5. The van der Waals surface area contributed by atoms with Crippen molar-refractivity contribution in [1.29, 1.82) is 0 Å². The van der Waals surface area contributed by atoms with Gasteiger partial charge >= 0.3 is 0 Å². The zero-order chi connectivity index (χ0) is 24.4. The first-order valence-corrected chi connectivity index (χ1v) is 12.0. The smallest absolute Gasteiger partial charge is 0.263 e. The molecule has 0 bridgehead atoms. The molecule has 0 radical (unpaired) electrons. The van der Waals surface area contributed by atoms with Gasteiger partial charge < -0.3 is 10.1 Å². The molecular formula is C28H23N3O3S. The van der Waals surface area contributed by atoms with Crippen molar-refractivity contribution in [2.45, 2.75) is 13.0 Å². The number of benzene rings is 3. The van der Waals surface area contributed by atoms with Gasteiger partial charge in [-0.25, -0.2) is 4.98 Å². The second-order valence-electron chi connectivity index (χ2n) is 8.10. The molecule has 0 saturated carbocycles. The molecule has 0 aliphatic heterocycles. The van der Waals surface area contributed by atoms with Crippen LogP contribution < -0.4 is 15.6 Å². The molecule has 35 heavy (non-hydrogen) atoms. The summed E-state index contributed by atoms with van der Waals surface area (Å²) in [5.41, 5.74) is 4.27. The second kappa shape index (κ2) is 9.56. The summed E-state index contributed by atoms with van der Waals surface area (Å²) in [6.07, 6.45) is 1.44. The van der Waals surface area contributed by atoms with Gasteiger partial charge in [0.25, 0.3) is 5.56 Å². The molecule has 174 valence electrons. The van der Waals surface area contributed by atoms with Crippen LogP contribution in [0.2, 0.25) is 0 Å². The molecule has 7 heteroatoms. The molecule has 5 aromatic rings. The second-order valence-corrected chi connectivity index (χ2v) is 8.95. The average molecular weight is 482 g/mol. The maximum absolute atomic E-state index is 13.5. The van der Waals surface area contributed by atoms with E-state index in [1.807, 2.05) is 60.0 Å². The first-order valence-electron chi connectivity index (χ1n) is 11.1. The standard InChI is InChI=1S/C28H23N3O3S/c1-18(26(32)30-23-10-6-7-11-24(23)34-2)31-17-29-27-25(28(31)33)22(16-35-27)21-14-12-20(13-15-21)19-8-4-3-5-9-19/h3-18H,1-2H3,(H,30,32). The Balaban J connectivity index is 1.47. The summed E-state index contributed by atoms with van der Waals surface area (Å²) in [5, 5.41) is 5.31. The van der Waals surface area contributed by atoms with Crippen molar-refractivity contribution in [2.24, 2.45) is 0 Å². The quantitative estimate of drug-likeness (QED) is 0.323. The SMILES string of the molecule is COc1ccccc1NC(=O)C(C)n1cnc2scc(-c3ccc(-c4ccccc4)cc3)c2c1=O. The molecule has 1 unspecified atom stereocenters. The lowest BCUT2D eigenvalue weighted by Crippen LogP contribution is -2.31. The largest absolute Gasteiger partial charge is 0.495 e. The van der Waals surface area contributed by atoms with Crippen molar-refractivity contribution in [1.82, 2.24) is 9.55 Å². The Labute approximate surface area is 206 Å². The molecule has 0 aliphatic rings. The van der Waals surface area contributed by atoms with E-state index in [1.165, 1.54) is 22.2 Å². The Morgan fingerprint density at radius 1 is 0.943 bits per heavy atom. The van der Waals surface area contributed by atoms with Gasteiger partial charge in [0.15, 0.2) is 0 Å². The Morgan fingerprint density at radius 3 is 2.34 bits per heavy atom. The number of nitrogens with one attached hydrogen (secondary N) is 1. The molecule has 6 nitrogen and oxygen atoms in total. The number of hydrogen-bond donors (Lipinski definition) is 1. The zero-order valence-electron chi connectivity index (χ0n) is 19.3. The van der Waals surface area contributed by atoms with Crippen LogP contribution in [0, 0.1) is 0 Å². The molecular weight excluding hydrogens is 458 g/mol. The fourth-order valence-corrected chi connectivity index (χ4v) is 4.92. The summed E-state index contributed by atoms with van der Waals surface area (Å²) in [5.74, 6) is 0.217. The minimum atomic E-state index is -0.766. The molecule has 2 aromatic heterocycles. The Bertz CT molecular complexity index is 1560. The summed E-state index contributed by atoms with van der Waals surface area (Å²) in [7, 11) is 1.54. The van der Waals surface area contributed by atoms with E-state index in [4.69, 9.17) is 4.74 Å². The van der Waals surface area contributed by atoms with Gasteiger partial charge in [-0.1, -0.05) is 66.7 Å². The number of thiophene rings is 1. The van der Waals surface area contributed by atoms with Crippen LogP contribution in [-0.4, -0.2) is 22.6 Å². The Hall–Kier alpha value is -4.23. The number of anilines is 1. The monoisotopic (exact) mass is 481 g/mol. The molecule has 0 saturated heterocycles. The van der Waals surface area contributed by atoms with Crippen LogP contribution in [0.15, 0.2) is 95.4 Å². The normalized spacial score (nSPS) is 11.8. The number of methoxy groups -OCH3 is 1. The molecule has 1 amide bonds. The number of fused-ring (bicyclic) bond motifs is 1. The van der Waals surface area contributed by atoms with E-state index in [-0.39, 0.29) is 11.5 Å². The van der Waals surface area contributed by atoms with Gasteiger partial charge in [-0.2, -0.15) is 0 Å². The maximum Gasteiger partial charge on any atom is 0.263 e. The van der Waals surface area contributed by atoms with E-state index in [1.54, 1.807) is 26.2 Å². The van der Waals surface area contributed by atoms with E-state index >= 15 is 0 Å². The fraction of sp³-hybridized carbons (Fsp3) is 0.107. The molecule has 1 atom stereocenters. The third kappa shape index (κ3) is 4.34. The van der Waals surface area contributed by atoms with E-state index in [9.17, 15) is 9.59 Å². The first kappa shape index (κ1) is 22.6. The molecule has 0 fully saturated rings. The lowest BCUT2D eigenvalue weighted by atomic mass is 10.0. The molecule has 5 rings (SSSR count). The highest BCUT2D eigenvalue weighted by atomic mass is 32.1. The predicted octanol–water partition coefficient (Wildman–Crippen LogP) is 6.00. The lowest BCUT2D eigenvalue weighted by Gasteiger charge is -2.16. The van der Waals surface area contributed by atoms with E-state index < -0.39 is 6.04 Å². The number of rotatable bonds is 6. The minimum Gasteiger partial charge on any atom is -0.495 e. The highest BCUT2D eigenvalue weighted by Gasteiger charge is 2.21. The van der Waals surface area contributed by atoms with Crippen molar-refractivity contribution < 1.29 is 9.53 Å². The number of carbonyl (C=O) groups excluding carboxylic acids is 1. The number of carbonyl (C=O) groups is 1. The highest BCUT2D eigenvalue weighted by molar-refractivity contribution is 7.17. The summed E-state index contributed by atoms with van der Waals surface area (Å²) < 4.78 is 6.69. The van der Waals surface area contributed by atoms with Crippen molar-refractivity contribution in [3.05, 3.63) is 101 Å².